The molecule has 0 aromatic heterocycles. The summed E-state index contributed by atoms with van der Waals surface area (Å²) >= 11 is 0. The number of likely N-dealkylation sites (tertiary alicyclic amines) is 1. The lowest BCUT2D eigenvalue weighted by atomic mass is 9.83. The number of nitrogens with zero attached hydrogens (tertiary/aromatic N) is 1. The molecule has 3 heterocycles. The minimum absolute atomic E-state index is 0.0583. The molecule has 0 aliphatic carbocycles. The first-order chi connectivity index (χ1) is 13.7. The summed E-state index contributed by atoms with van der Waals surface area (Å²) in [6, 6.07) is 15.5. The second-order valence-corrected chi connectivity index (χ2v) is 8.22. The molecule has 4 unspecified atom stereocenters. The van der Waals surface area contributed by atoms with E-state index in [1.165, 1.54) is 16.3 Å². The average molecular weight is 378 g/mol. The largest absolute Gasteiger partial charge is 0.355 e. The minimum atomic E-state index is -0.0763. The second-order valence-electron chi connectivity index (χ2n) is 8.22. The first-order valence-electron chi connectivity index (χ1n) is 10.2. The highest BCUT2D eigenvalue weighted by Gasteiger charge is 2.43. The van der Waals surface area contributed by atoms with Gasteiger partial charge in [-0.1, -0.05) is 42.5 Å². The summed E-state index contributed by atoms with van der Waals surface area (Å²) in [5.74, 6) is 0.513. The van der Waals surface area contributed by atoms with Crippen molar-refractivity contribution in [3.05, 3.63) is 48.0 Å². The van der Waals surface area contributed by atoms with Crippen LogP contribution in [0.1, 0.15) is 30.9 Å². The van der Waals surface area contributed by atoms with E-state index in [4.69, 9.17) is 0 Å². The molecule has 6 nitrogen and oxygen atoms in total. The van der Waals surface area contributed by atoms with Crippen LogP contribution in [0.5, 0.6) is 0 Å². The zero-order valence-corrected chi connectivity index (χ0v) is 15.9. The Balaban J connectivity index is 1.37. The van der Waals surface area contributed by atoms with Gasteiger partial charge in [0.1, 0.15) is 0 Å². The van der Waals surface area contributed by atoms with Gasteiger partial charge in [0.15, 0.2) is 0 Å². The van der Waals surface area contributed by atoms with Crippen LogP contribution in [0.3, 0.4) is 0 Å². The standard InChI is InChI=1S/C22H26N4O2/c27-20-9-8-15(12-23-20)22(28)26-11-10-19-18(13-26)21(25-24-19)17-7-3-5-14-4-1-2-6-16(14)17/h1-7,15,18-19,21,24-25H,8-13H2,(H,23,27). The van der Waals surface area contributed by atoms with Crippen LogP contribution >= 0.6 is 0 Å². The van der Waals surface area contributed by atoms with Crippen LogP contribution in [-0.2, 0) is 9.59 Å². The predicted molar refractivity (Wildman–Crippen MR) is 107 cm³/mol. The number of amides is 2. The molecule has 3 fully saturated rings. The molecule has 3 aliphatic rings. The molecule has 2 amide bonds. The fourth-order valence-electron chi connectivity index (χ4n) is 5.03. The van der Waals surface area contributed by atoms with Gasteiger partial charge >= 0.3 is 0 Å². The molecule has 4 atom stereocenters. The molecule has 0 bridgehead atoms. The summed E-state index contributed by atoms with van der Waals surface area (Å²) in [6.45, 7) is 2.01. The zero-order valence-electron chi connectivity index (χ0n) is 15.9. The van der Waals surface area contributed by atoms with Crippen molar-refractivity contribution in [2.75, 3.05) is 19.6 Å². The predicted octanol–water partition coefficient (Wildman–Crippen LogP) is 1.73. The zero-order chi connectivity index (χ0) is 19.1. The Bertz CT molecular complexity index is 899. The van der Waals surface area contributed by atoms with Crippen LogP contribution in [0.2, 0.25) is 0 Å². The molecule has 3 saturated heterocycles. The fraction of sp³-hybridized carbons (Fsp3) is 0.455. The molecule has 0 saturated carbocycles. The Morgan fingerprint density at radius 3 is 2.75 bits per heavy atom. The van der Waals surface area contributed by atoms with Crippen LogP contribution in [-0.4, -0.2) is 42.4 Å². The fourth-order valence-corrected chi connectivity index (χ4v) is 5.03. The van der Waals surface area contributed by atoms with Crippen LogP contribution < -0.4 is 16.2 Å². The van der Waals surface area contributed by atoms with Crippen molar-refractivity contribution in [1.29, 1.82) is 0 Å². The monoisotopic (exact) mass is 378 g/mol. The maximum absolute atomic E-state index is 13.0. The van der Waals surface area contributed by atoms with Crippen molar-refractivity contribution in [2.45, 2.75) is 31.3 Å². The van der Waals surface area contributed by atoms with Gasteiger partial charge in [0, 0.05) is 38.0 Å². The Labute approximate surface area is 164 Å². The quantitative estimate of drug-likeness (QED) is 0.744. The van der Waals surface area contributed by atoms with E-state index >= 15 is 0 Å². The molecule has 5 rings (SSSR count). The number of hydrogen-bond acceptors (Lipinski definition) is 4. The summed E-state index contributed by atoms with van der Waals surface area (Å²) in [4.78, 5) is 26.5. The number of piperidine rings is 2. The van der Waals surface area contributed by atoms with Gasteiger partial charge in [-0.25, -0.2) is 5.43 Å². The number of rotatable bonds is 2. The van der Waals surface area contributed by atoms with Gasteiger partial charge < -0.3 is 10.2 Å². The third-order valence-electron chi connectivity index (χ3n) is 6.60. The van der Waals surface area contributed by atoms with Gasteiger partial charge in [0.2, 0.25) is 11.8 Å². The molecule has 3 aliphatic heterocycles. The number of fused-ring (bicyclic) bond motifs is 2. The highest BCUT2D eigenvalue weighted by molar-refractivity contribution is 5.86. The summed E-state index contributed by atoms with van der Waals surface area (Å²) in [6.07, 6.45) is 2.07. The number of benzene rings is 2. The van der Waals surface area contributed by atoms with Gasteiger partial charge in [-0.05, 0) is 29.2 Å². The molecule has 0 spiro atoms. The second kappa shape index (κ2) is 7.18. The Morgan fingerprint density at radius 2 is 1.89 bits per heavy atom. The van der Waals surface area contributed by atoms with Crippen molar-refractivity contribution in [2.24, 2.45) is 11.8 Å². The molecule has 28 heavy (non-hydrogen) atoms. The van der Waals surface area contributed by atoms with E-state index in [0.29, 0.717) is 31.3 Å². The van der Waals surface area contributed by atoms with Gasteiger partial charge in [-0.3, -0.25) is 15.0 Å². The van der Waals surface area contributed by atoms with Crippen LogP contribution in [0, 0.1) is 11.8 Å². The molecule has 2 aromatic carbocycles. The van der Waals surface area contributed by atoms with Gasteiger partial charge in [0.25, 0.3) is 0 Å². The third kappa shape index (κ3) is 3.06. The van der Waals surface area contributed by atoms with Crippen molar-refractivity contribution in [1.82, 2.24) is 21.1 Å². The van der Waals surface area contributed by atoms with Crippen molar-refractivity contribution in [3.8, 4) is 0 Å². The molecule has 3 N–H and O–H groups in total. The number of nitrogens with one attached hydrogen (secondary N) is 3. The molecule has 0 radical (unpaired) electrons. The van der Waals surface area contributed by atoms with Gasteiger partial charge in [-0.2, -0.15) is 0 Å². The molecule has 146 valence electrons. The number of hydrazine groups is 1. The van der Waals surface area contributed by atoms with Gasteiger partial charge in [-0.15, -0.1) is 0 Å². The van der Waals surface area contributed by atoms with Crippen molar-refractivity contribution < 1.29 is 9.59 Å². The Kier molecular flexibility index (Phi) is 4.53. The lowest BCUT2D eigenvalue weighted by molar-refractivity contribution is -0.139. The van der Waals surface area contributed by atoms with E-state index < -0.39 is 0 Å². The van der Waals surface area contributed by atoms with Crippen LogP contribution in [0.4, 0.5) is 0 Å². The minimum Gasteiger partial charge on any atom is -0.355 e. The summed E-state index contributed by atoms with van der Waals surface area (Å²) in [7, 11) is 0. The maximum atomic E-state index is 13.0. The Hall–Kier alpha value is -2.44. The molecular weight excluding hydrogens is 352 g/mol. The SMILES string of the molecule is O=C1CCC(C(=O)N2CCC3NNC(c4cccc5ccccc45)C3C2)CN1. The molecular formula is C22H26N4O2. The number of carbonyl (C=O) groups excluding carboxylic acids is 2. The normalized spacial score (nSPS) is 30.1. The first-order valence-corrected chi connectivity index (χ1v) is 10.2. The Morgan fingerprint density at radius 1 is 1.04 bits per heavy atom. The summed E-state index contributed by atoms with van der Waals surface area (Å²) in [5.41, 5.74) is 8.27. The van der Waals surface area contributed by atoms with E-state index in [-0.39, 0.29) is 23.8 Å². The van der Waals surface area contributed by atoms with E-state index in [1.54, 1.807) is 0 Å². The van der Waals surface area contributed by atoms with Crippen molar-refractivity contribution >= 4 is 22.6 Å². The highest BCUT2D eigenvalue weighted by Crippen LogP contribution is 2.37. The van der Waals surface area contributed by atoms with E-state index in [9.17, 15) is 9.59 Å². The summed E-state index contributed by atoms with van der Waals surface area (Å²) < 4.78 is 0. The first kappa shape index (κ1) is 17.6. The summed E-state index contributed by atoms with van der Waals surface area (Å²) in [5, 5.41) is 5.35. The maximum Gasteiger partial charge on any atom is 0.227 e. The van der Waals surface area contributed by atoms with E-state index in [2.05, 4.69) is 58.6 Å². The number of hydrogen-bond donors (Lipinski definition) is 3. The molecule has 6 heteroatoms. The topological polar surface area (TPSA) is 73.5 Å². The smallest absolute Gasteiger partial charge is 0.227 e. The highest BCUT2D eigenvalue weighted by atomic mass is 16.2. The molecule has 2 aromatic rings. The van der Waals surface area contributed by atoms with Crippen LogP contribution in [0.15, 0.2) is 42.5 Å². The van der Waals surface area contributed by atoms with Crippen LogP contribution in [0.25, 0.3) is 10.8 Å². The van der Waals surface area contributed by atoms with Gasteiger partial charge in [0.05, 0.1) is 12.0 Å². The lowest BCUT2D eigenvalue weighted by Gasteiger charge is -2.38. The average Bonchev–Trinajstić information content (AvgIpc) is 3.16. The van der Waals surface area contributed by atoms with E-state index in [1.807, 2.05) is 4.90 Å². The van der Waals surface area contributed by atoms with E-state index in [0.717, 1.165) is 19.5 Å². The lowest BCUT2D eigenvalue weighted by Crippen LogP contribution is -2.51. The third-order valence-corrected chi connectivity index (χ3v) is 6.60. The number of carbonyl (C=O) groups is 2. The van der Waals surface area contributed by atoms with Crippen molar-refractivity contribution in [3.63, 3.8) is 0 Å².